The van der Waals surface area contributed by atoms with Gasteiger partial charge in [-0.25, -0.2) is 0 Å². The summed E-state index contributed by atoms with van der Waals surface area (Å²) < 4.78 is 0. The maximum absolute atomic E-state index is 13.0. The number of aryl methyl sites for hydroxylation is 1. The summed E-state index contributed by atoms with van der Waals surface area (Å²) >= 11 is 6.42. The third-order valence-electron chi connectivity index (χ3n) is 7.95. The minimum Gasteiger partial charge on any atom is -0.351 e. The molecule has 2 atom stereocenters. The second kappa shape index (κ2) is 10.0. The highest BCUT2D eigenvalue weighted by atomic mass is 35.5. The van der Waals surface area contributed by atoms with Gasteiger partial charge in [0, 0.05) is 6.54 Å². The molecule has 166 valence electrons. The van der Waals surface area contributed by atoms with Gasteiger partial charge in [0.25, 0.3) is 5.91 Å². The summed E-state index contributed by atoms with van der Waals surface area (Å²) in [5.74, 6) is 2.77. The lowest BCUT2D eigenvalue weighted by Crippen LogP contribution is -2.42. The molecular formula is C26H39ClN2O. The predicted molar refractivity (Wildman–Crippen MR) is 125 cm³/mol. The van der Waals surface area contributed by atoms with Gasteiger partial charge in [0.2, 0.25) is 0 Å². The maximum atomic E-state index is 13.0. The first-order valence-corrected chi connectivity index (χ1v) is 12.7. The molecule has 0 saturated heterocycles. The number of rotatable bonds is 10. The molecule has 4 heteroatoms. The number of halogens is 1. The number of amides is 1. The fourth-order valence-electron chi connectivity index (χ4n) is 6.64. The Morgan fingerprint density at radius 2 is 1.83 bits per heavy atom. The van der Waals surface area contributed by atoms with E-state index in [0.29, 0.717) is 16.0 Å². The van der Waals surface area contributed by atoms with E-state index < -0.39 is 0 Å². The summed E-state index contributed by atoms with van der Waals surface area (Å²) in [6, 6.07) is 5.97. The summed E-state index contributed by atoms with van der Waals surface area (Å²) in [5, 5.41) is 7.36. The molecule has 2 N–H and O–H groups in total. The number of carbonyl (C=O) groups excluding carboxylic acids is 1. The van der Waals surface area contributed by atoms with Crippen LogP contribution in [-0.4, -0.2) is 25.5 Å². The standard InChI is InChI=1S/C26H39ClN2O/c1-2-3-10-28-11-4-5-19-6-7-24(27)23(15-19)25(30)29-18-26-9-8-20-12-21(16-26)14-22(13-20)17-26/h6-7,15,20-22,28H,2-5,8-14,16-18H2,1H3,(H,29,30). The molecule has 1 aromatic carbocycles. The molecular weight excluding hydrogens is 392 g/mol. The lowest BCUT2D eigenvalue weighted by atomic mass is 9.61. The molecule has 0 aromatic heterocycles. The van der Waals surface area contributed by atoms with Crippen LogP contribution < -0.4 is 10.6 Å². The molecule has 4 aliphatic rings. The van der Waals surface area contributed by atoms with Gasteiger partial charge in [0.05, 0.1) is 10.6 Å². The van der Waals surface area contributed by atoms with Gasteiger partial charge >= 0.3 is 0 Å². The number of benzene rings is 1. The van der Waals surface area contributed by atoms with Crippen LogP contribution in [0.4, 0.5) is 0 Å². The Hall–Kier alpha value is -1.06. The Morgan fingerprint density at radius 3 is 2.60 bits per heavy atom. The quantitative estimate of drug-likeness (QED) is 0.447. The fraction of sp³-hybridized carbons (Fsp3) is 0.731. The summed E-state index contributed by atoms with van der Waals surface area (Å²) in [5.41, 5.74) is 2.19. The summed E-state index contributed by atoms with van der Waals surface area (Å²) in [6.07, 6.45) is 14.1. The van der Waals surface area contributed by atoms with E-state index in [4.69, 9.17) is 11.6 Å². The molecule has 0 aliphatic heterocycles. The molecule has 1 aromatic rings. The third kappa shape index (κ3) is 5.40. The highest BCUT2D eigenvalue weighted by Gasteiger charge is 2.47. The van der Waals surface area contributed by atoms with Crippen molar-refractivity contribution in [1.82, 2.24) is 10.6 Å². The van der Waals surface area contributed by atoms with Crippen LogP contribution >= 0.6 is 11.6 Å². The largest absolute Gasteiger partial charge is 0.351 e. The number of nitrogens with one attached hydrogen (secondary N) is 2. The van der Waals surface area contributed by atoms with Crippen LogP contribution in [0.2, 0.25) is 5.02 Å². The zero-order valence-electron chi connectivity index (χ0n) is 18.6. The van der Waals surface area contributed by atoms with Gasteiger partial charge in [-0.1, -0.05) is 31.0 Å². The van der Waals surface area contributed by atoms with E-state index in [1.165, 1.54) is 63.4 Å². The van der Waals surface area contributed by atoms with Gasteiger partial charge in [-0.3, -0.25) is 4.79 Å². The van der Waals surface area contributed by atoms with Crippen LogP contribution in [-0.2, 0) is 6.42 Å². The van der Waals surface area contributed by atoms with E-state index in [2.05, 4.69) is 23.6 Å². The molecule has 0 heterocycles. The molecule has 4 fully saturated rings. The topological polar surface area (TPSA) is 41.1 Å². The van der Waals surface area contributed by atoms with Crippen molar-refractivity contribution in [2.24, 2.45) is 23.2 Å². The van der Waals surface area contributed by atoms with Gasteiger partial charge < -0.3 is 10.6 Å². The monoisotopic (exact) mass is 430 g/mol. The number of hydrogen-bond donors (Lipinski definition) is 2. The van der Waals surface area contributed by atoms with Crippen LogP contribution in [0.3, 0.4) is 0 Å². The smallest absolute Gasteiger partial charge is 0.252 e. The third-order valence-corrected chi connectivity index (χ3v) is 8.28. The van der Waals surface area contributed by atoms with Crippen LogP contribution in [0, 0.1) is 23.2 Å². The SMILES string of the molecule is CCCCNCCCc1ccc(Cl)c(C(=O)NCC23CCC4CC(CC(C4)C2)C3)c1. The van der Waals surface area contributed by atoms with Crippen LogP contribution in [0.5, 0.6) is 0 Å². The molecule has 30 heavy (non-hydrogen) atoms. The van der Waals surface area contributed by atoms with E-state index in [0.717, 1.165) is 50.2 Å². The van der Waals surface area contributed by atoms with Crippen molar-refractivity contribution in [3.63, 3.8) is 0 Å². The van der Waals surface area contributed by atoms with Crippen molar-refractivity contribution in [1.29, 1.82) is 0 Å². The minimum atomic E-state index is 0.0102. The number of unbranched alkanes of at least 4 members (excludes halogenated alkanes) is 1. The van der Waals surface area contributed by atoms with Crippen molar-refractivity contribution in [3.8, 4) is 0 Å². The Morgan fingerprint density at radius 1 is 1.10 bits per heavy atom. The highest BCUT2D eigenvalue weighted by Crippen LogP contribution is 2.56. The number of hydrogen-bond acceptors (Lipinski definition) is 2. The van der Waals surface area contributed by atoms with Crippen LogP contribution in [0.15, 0.2) is 18.2 Å². The lowest BCUT2D eigenvalue weighted by Gasteiger charge is -2.45. The Balaban J connectivity index is 1.32. The van der Waals surface area contributed by atoms with Crippen molar-refractivity contribution in [3.05, 3.63) is 34.3 Å². The first-order valence-electron chi connectivity index (χ1n) is 12.3. The fourth-order valence-corrected chi connectivity index (χ4v) is 6.84. The van der Waals surface area contributed by atoms with Crippen molar-refractivity contribution in [2.75, 3.05) is 19.6 Å². The van der Waals surface area contributed by atoms with E-state index >= 15 is 0 Å². The van der Waals surface area contributed by atoms with Crippen LogP contribution in [0.1, 0.15) is 87.1 Å². The molecule has 5 rings (SSSR count). The molecule has 4 saturated carbocycles. The molecule has 0 spiro atoms. The zero-order valence-corrected chi connectivity index (χ0v) is 19.4. The first-order chi connectivity index (χ1) is 14.6. The summed E-state index contributed by atoms with van der Waals surface area (Å²) in [6.45, 7) is 5.16. The number of fused-ring (bicyclic) bond motifs is 1. The van der Waals surface area contributed by atoms with Gasteiger partial charge in [0.1, 0.15) is 0 Å². The van der Waals surface area contributed by atoms with Crippen molar-refractivity contribution >= 4 is 17.5 Å². The second-order valence-corrected chi connectivity index (χ2v) is 10.9. The Kier molecular flexibility index (Phi) is 7.41. The molecule has 3 nitrogen and oxygen atoms in total. The summed E-state index contributed by atoms with van der Waals surface area (Å²) in [4.78, 5) is 13.0. The molecule has 1 amide bonds. The van der Waals surface area contributed by atoms with E-state index in [-0.39, 0.29) is 5.91 Å². The molecule has 4 aliphatic carbocycles. The summed E-state index contributed by atoms with van der Waals surface area (Å²) in [7, 11) is 0. The van der Waals surface area contributed by atoms with E-state index in [1.807, 2.05) is 12.1 Å². The highest BCUT2D eigenvalue weighted by molar-refractivity contribution is 6.33. The Bertz CT molecular complexity index is 720. The molecule has 4 bridgehead atoms. The van der Waals surface area contributed by atoms with Gasteiger partial charge in [-0.15, -0.1) is 0 Å². The second-order valence-electron chi connectivity index (χ2n) is 10.5. The number of carbonyl (C=O) groups is 1. The van der Waals surface area contributed by atoms with Gasteiger partial charge in [0.15, 0.2) is 0 Å². The van der Waals surface area contributed by atoms with Gasteiger partial charge in [-0.2, -0.15) is 0 Å². The normalized spacial score (nSPS) is 29.7. The zero-order chi connectivity index (χ0) is 21.0. The Labute approximate surface area is 187 Å². The average molecular weight is 431 g/mol. The average Bonchev–Trinajstić information content (AvgIpc) is 2.93. The van der Waals surface area contributed by atoms with Crippen molar-refractivity contribution < 1.29 is 4.79 Å². The van der Waals surface area contributed by atoms with Crippen LogP contribution in [0.25, 0.3) is 0 Å². The first kappa shape index (κ1) is 22.1. The van der Waals surface area contributed by atoms with Gasteiger partial charge in [-0.05, 0) is 118 Å². The lowest BCUT2D eigenvalue weighted by molar-refractivity contribution is 0.0614. The molecule has 0 radical (unpaired) electrons. The van der Waals surface area contributed by atoms with E-state index in [9.17, 15) is 4.79 Å². The minimum absolute atomic E-state index is 0.0102. The predicted octanol–water partition coefficient (Wildman–Crippen LogP) is 6.00. The van der Waals surface area contributed by atoms with E-state index in [1.54, 1.807) is 0 Å². The maximum Gasteiger partial charge on any atom is 0.252 e. The molecule has 2 unspecified atom stereocenters. The van der Waals surface area contributed by atoms with Crippen molar-refractivity contribution in [2.45, 2.75) is 77.6 Å².